The van der Waals surface area contributed by atoms with E-state index in [2.05, 4.69) is 37.9 Å². The second kappa shape index (κ2) is 16.1. The normalized spacial score (nSPS) is 17.1. The molecule has 1 N–H and O–H groups in total. The molecule has 2 heterocycles. The lowest BCUT2D eigenvalue weighted by Crippen LogP contribution is -2.13. The third-order valence-electron chi connectivity index (χ3n) is 11.4. The van der Waals surface area contributed by atoms with Crippen molar-refractivity contribution in [1.29, 1.82) is 0 Å². The van der Waals surface area contributed by atoms with Crippen LogP contribution in [0.25, 0.3) is 72.7 Å². The van der Waals surface area contributed by atoms with Crippen molar-refractivity contribution < 1.29 is 28.4 Å². The number of para-hydroxylation sites is 1. The Hall–Kier alpha value is -6.26. The third kappa shape index (κ3) is 8.48. The summed E-state index contributed by atoms with van der Waals surface area (Å²) in [4.78, 5) is 9.76. The molecule has 4 heteroatoms. The fourth-order valence-corrected chi connectivity index (χ4v) is 8.15. The molecule has 0 aliphatic carbocycles. The predicted octanol–water partition coefficient (Wildman–Crippen LogP) is 16.1. The molecule has 0 aliphatic rings. The zero-order valence-corrected chi connectivity index (χ0v) is 37.4. The van der Waals surface area contributed by atoms with Gasteiger partial charge in [0.1, 0.15) is 11.6 Å². The van der Waals surface area contributed by atoms with Crippen molar-refractivity contribution in [2.24, 2.45) is 0 Å². The minimum Gasteiger partial charge on any atom is -0.507 e. The number of aryl methyl sites for hydroxylation is 2. The van der Waals surface area contributed by atoms with Crippen LogP contribution < -0.4 is 0 Å². The van der Waals surface area contributed by atoms with Crippen LogP contribution in [0.4, 0.5) is 0 Å². The van der Waals surface area contributed by atoms with Crippen LogP contribution in [0.3, 0.4) is 0 Å². The standard InChI is InChI=1S/C59H63N3O/c1-36(2)49-35-45(25-26-47(49)48-17-14-15-19-51(48)59(11,12)13)62-53-20-16-18-46(54(53)61-56(62)50-30-37(3)29-38(4)55(50)63)41-31-42(33-44(32-41)58(8,9)10)52-34-40(27-28-60-52)39-21-23-43(24-22-39)57(5,6)7/h14-36,63H,1-13H3/i5D3,6D3,7D3,21D,22D,23D,24D,27D,28D,34D,36D. The molecule has 8 rings (SSSR count). The van der Waals surface area contributed by atoms with Crippen molar-refractivity contribution in [2.75, 3.05) is 0 Å². The highest BCUT2D eigenvalue weighted by Gasteiger charge is 2.25. The molecular weight excluding hydrogens is 767 g/mol. The molecule has 4 nitrogen and oxygen atoms in total. The number of aromatic hydroxyl groups is 1. The van der Waals surface area contributed by atoms with Crippen LogP contribution >= 0.6 is 0 Å². The first-order valence-electron chi connectivity index (χ1n) is 29.5. The van der Waals surface area contributed by atoms with Crippen molar-refractivity contribution in [2.45, 2.75) is 112 Å². The molecule has 0 saturated carbocycles. The van der Waals surface area contributed by atoms with Gasteiger partial charge in [-0.15, -0.1) is 0 Å². The molecule has 0 fully saturated rings. The summed E-state index contributed by atoms with van der Waals surface area (Å²) in [5.74, 6) is -0.652. The Morgan fingerprint density at radius 1 is 0.651 bits per heavy atom. The van der Waals surface area contributed by atoms with Gasteiger partial charge in [0, 0.05) is 36.7 Å². The number of imidazole rings is 1. The second-order valence-electron chi connectivity index (χ2n) is 18.7. The number of benzene rings is 6. The molecule has 2 aromatic heterocycles. The highest BCUT2D eigenvalue weighted by atomic mass is 16.3. The maximum Gasteiger partial charge on any atom is 0.149 e. The highest BCUT2D eigenvalue weighted by Crippen LogP contribution is 2.43. The summed E-state index contributed by atoms with van der Waals surface area (Å²) < 4.78 is 150. The topological polar surface area (TPSA) is 50.9 Å². The van der Waals surface area contributed by atoms with E-state index in [0.717, 1.165) is 33.4 Å². The molecule has 0 amide bonds. The number of pyridine rings is 1. The summed E-state index contributed by atoms with van der Waals surface area (Å²) in [7, 11) is 0. The molecule has 0 atom stereocenters. The van der Waals surface area contributed by atoms with Gasteiger partial charge < -0.3 is 5.11 Å². The average Bonchev–Trinajstić information content (AvgIpc) is 3.86. The van der Waals surface area contributed by atoms with E-state index in [1.54, 1.807) is 12.1 Å². The van der Waals surface area contributed by atoms with Gasteiger partial charge in [0.2, 0.25) is 0 Å². The summed E-state index contributed by atoms with van der Waals surface area (Å²) in [6.45, 7) is 8.03. The molecule has 6 aromatic carbocycles. The second-order valence-corrected chi connectivity index (χ2v) is 18.7. The molecular formula is C59H63N3O. The molecule has 0 radical (unpaired) electrons. The van der Waals surface area contributed by atoms with Crippen LogP contribution in [0.15, 0.2) is 133 Å². The molecule has 8 aromatic rings. The number of phenolic OH excluding ortho intramolecular Hbond substituents is 1. The van der Waals surface area contributed by atoms with E-state index in [0.29, 0.717) is 44.8 Å². The zero-order chi connectivity index (χ0) is 59.7. The number of hydrogen-bond donors (Lipinski definition) is 1. The van der Waals surface area contributed by atoms with E-state index in [1.165, 1.54) is 0 Å². The first-order chi connectivity index (χ1) is 36.7. The van der Waals surface area contributed by atoms with E-state index in [1.807, 2.05) is 120 Å². The molecule has 63 heavy (non-hydrogen) atoms. The van der Waals surface area contributed by atoms with Crippen molar-refractivity contribution in [3.05, 3.63) is 167 Å². The first kappa shape index (κ1) is 27.0. The van der Waals surface area contributed by atoms with Crippen LogP contribution in [-0.2, 0) is 16.2 Å². The Balaban J connectivity index is 1.42. The SMILES string of the molecule is [2H]c1nc(-c2cc(-c3cccc4c3nc(-c3cc(C)cc(C)c3O)n4-c3ccc(-c4ccccc4C(C)(C)C)c(C([2H])(C)C)c3)cc(C(C)(C)C)c2)c([2H])c(-c2c([2H])c([2H])c(C(C([2H])([2H])[2H])(C([2H])([2H])[2H])C([2H])([2H])[2H])c([2H])c2[2H])c1[2H]. The van der Waals surface area contributed by atoms with Crippen molar-refractivity contribution in [3.8, 4) is 67.5 Å². The van der Waals surface area contributed by atoms with Crippen LogP contribution in [-0.4, -0.2) is 19.6 Å². The highest BCUT2D eigenvalue weighted by molar-refractivity contribution is 5.97. The van der Waals surface area contributed by atoms with Gasteiger partial charge in [-0.05, 0) is 146 Å². The monoisotopic (exact) mass is 847 g/mol. The minimum atomic E-state index is -3.93. The Morgan fingerprint density at radius 3 is 2.06 bits per heavy atom. The van der Waals surface area contributed by atoms with Gasteiger partial charge in [0.15, 0.2) is 0 Å². The summed E-state index contributed by atoms with van der Waals surface area (Å²) >= 11 is 0. The van der Waals surface area contributed by atoms with Gasteiger partial charge in [-0.3, -0.25) is 9.55 Å². The zero-order valence-electron chi connectivity index (χ0n) is 54.4. The largest absolute Gasteiger partial charge is 0.507 e. The first-order valence-corrected chi connectivity index (χ1v) is 21.0. The van der Waals surface area contributed by atoms with E-state index >= 15 is 0 Å². The summed E-state index contributed by atoms with van der Waals surface area (Å²) in [6.07, 6.45) is -0.738. The van der Waals surface area contributed by atoms with Crippen LogP contribution in [0, 0.1) is 13.8 Å². The van der Waals surface area contributed by atoms with Crippen molar-refractivity contribution in [1.82, 2.24) is 14.5 Å². The molecule has 320 valence electrons. The van der Waals surface area contributed by atoms with Crippen LogP contribution in [0.1, 0.15) is 139 Å². The van der Waals surface area contributed by atoms with E-state index in [4.69, 9.17) is 25.5 Å². The molecule has 0 aliphatic heterocycles. The number of phenols is 1. The number of rotatable bonds is 7. The molecule has 0 unspecified atom stereocenters. The predicted molar refractivity (Wildman–Crippen MR) is 267 cm³/mol. The van der Waals surface area contributed by atoms with Gasteiger partial charge >= 0.3 is 0 Å². The Kier molecular flexibility index (Phi) is 6.93. The Labute approximate surface area is 399 Å². The molecule has 0 bridgehead atoms. The van der Waals surface area contributed by atoms with E-state index in [-0.39, 0.29) is 22.4 Å². The van der Waals surface area contributed by atoms with Gasteiger partial charge in [-0.2, -0.15) is 0 Å². The fourth-order valence-electron chi connectivity index (χ4n) is 8.15. The summed E-state index contributed by atoms with van der Waals surface area (Å²) in [6, 6.07) is 22.7. The van der Waals surface area contributed by atoms with Crippen LogP contribution in [0.5, 0.6) is 5.75 Å². The lowest BCUT2D eigenvalue weighted by Gasteiger charge is -2.25. The van der Waals surface area contributed by atoms with Crippen molar-refractivity contribution in [3.63, 3.8) is 0 Å². The number of nitrogens with zero attached hydrogens (tertiary/aromatic N) is 3. The molecule has 0 spiro atoms. The minimum absolute atomic E-state index is 0.0268. The summed E-state index contributed by atoms with van der Waals surface area (Å²) in [5, 5.41) is 11.9. The Bertz CT molecular complexity index is 3750. The van der Waals surface area contributed by atoms with E-state index < -0.39 is 96.4 Å². The third-order valence-corrected chi connectivity index (χ3v) is 11.4. The lowest BCUT2D eigenvalue weighted by atomic mass is 9.80. The number of aromatic nitrogens is 3. The Morgan fingerprint density at radius 2 is 1.37 bits per heavy atom. The average molecular weight is 847 g/mol. The summed E-state index contributed by atoms with van der Waals surface area (Å²) in [5.41, 5.74) is 1.98. The van der Waals surface area contributed by atoms with Gasteiger partial charge in [0.25, 0.3) is 0 Å². The number of fused-ring (bicyclic) bond motifs is 1. The van der Waals surface area contributed by atoms with Crippen LogP contribution in [0.2, 0.25) is 0 Å². The number of hydrogen-bond acceptors (Lipinski definition) is 3. The lowest BCUT2D eigenvalue weighted by molar-refractivity contribution is 0.472. The fraction of sp³-hybridized carbons (Fsp3) is 0.288. The maximum atomic E-state index is 11.9. The van der Waals surface area contributed by atoms with E-state index in [9.17, 15) is 7.85 Å². The van der Waals surface area contributed by atoms with Gasteiger partial charge in [-0.25, -0.2) is 4.98 Å². The van der Waals surface area contributed by atoms with Gasteiger partial charge in [-0.1, -0.05) is 155 Å². The molecule has 0 saturated heterocycles. The van der Waals surface area contributed by atoms with Crippen molar-refractivity contribution >= 4 is 11.0 Å². The maximum absolute atomic E-state index is 11.9. The quantitative estimate of drug-likeness (QED) is 0.174. The van der Waals surface area contributed by atoms with Gasteiger partial charge in [0.05, 0.1) is 31.9 Å². The smallest absolute Gasteiger partial charge is 0.149 e.